The van der Waals surface area contributed by atoms with Crippen LogP contribution in [0, 0.1) is 6.92 Å². The first-order valence-electron chi connectivity index (χ1n) is 6.21. The van der Waals surface area contributed by atoms with Crippen molar-refractivity contribution in [3.63, 3.8) is 0 Å². The van der Waals surface area contributed by atoms with E-state index in [0.717, 1.165) is 16.9 Å². The van der Waals surface area contributed by atoms with E-state index in [2.05, 4.69) is 10.2 Å². The molecule has 0 spiro atoms. The third-order valence-electron chi connectivity index (χ3n) is 3.32. The molecule has 0 saturated carbocycles. The van der Waals surface area contributed by atoms with Gasteiger partial charge in [0.2, 0.25) is 0 Å². The van der Waals surface area contributed by atoms with Gasteiger partial charge < -0.3 is 0 Å². The number of rotatable bonds is 3. The zero-order chi connectivity index (χ0) is 14.3. The molecule has 0 radical (unpaired) electrons. The van der Waals surface area contributed by atoms with E-state index in [9.17, 15) is 4.79 Å². The second-order valence-electron chi connectivity index (χ2n) is 4.66. The van der Waals surface area contributed by atoms with Crippen molar-refractivity contribution in [2.45, 2.75) is 13.3 Å². The van der Waals surface area contributed by atoms with Gasteiger partial charge >= 0.3 is 0 Å². The molecule has 3 aromatic rings. The Morgan fingerprint density at radius 2 is 2.20 bits per heavy atom. The van der Waals surface area contributed by atoms with Gasteiger partial charge in [-0.2, -0.15) is 10.2 Å². The molecule has 3 rings (SSSR count). The molecule has 0 N–H and O–H groups in total. The summed E-state index contributed by atoms with van der Waals surface area (Å²) >= 11 is 6.18. The third-order valence-corrected chi connectivity index (χ3v) is 3.81. The summed E-state index contributed by atoms with van der Waals surface area (Å²) in [7, 11) is 1.79. The lowest BCUT2D eigenvalue weighted by Gasteiger charge is -2.02. The standard InChI is InChI=1S/C14H13ClN4O/c1-9-14(15)12(18(2)17-9)7-13(20)10-8-16-19-6-4-3-5-11(10)19/h3-6,8H,7H2,1-2H3. The number of Topliss-reactive ketones (excluding diaryl/α,β-unsaturated/α-hetero) is 1. The van der Waals surface area contributed by atoms with E-state index in [1.54, 1.807) is 22.4 Å². The van der Waals surface area contributed by atoms with Crippen molar-refractivity contribution >= 4 is 22.9 Å². The number of fused-ring (bicyclic) bond motifs is 1. The maximum atomic E-state index is 12.4. The molecule has 102 valence electrons. The zero-order valence-electron chi connectivity index (χ0n) is 11.2. The van der Waals surface area contributed by atoms with Gasteiger partial charge in [0.05, 0.1) is 40.1 Å². The Balaban J connectivity index is 1.97. The first-order valence-corrected chi connectivity index (χ1v) is 6.59. The van der Waals surface area contributed by atoms with E-state index in [4.69, 9.17) is 11.6 Å². The van der Waals surface area contributed by atoms with Crippen molar-refractivity contribution in [1.82, 2.24) is 19.4 Å². The highest BCUT2D eigenvalue weighted by atomic mass is 35.5. The van der Waals surface area contributed by atoms with E-state index >= 15 is 0 Å². The van der Waals surface area contributed by atoms with Crippen molar-refractivity contribution in [3.05, 3.63) is 52.6 Å². The van der Waals surface area contributed by atoms with Crippen LogP contribution in [0.1, 0.15) is 21.7 Å². The van der Waals surface area contributed by atoms with Gasteiger partial charge in [0, 0.05) is 13.2 Å². The molecule has 0 bridgehead atoms. The van der Waals surface area contributed by atoms with Crippen molar-refractivity contribution in [2.24, 2.45) is 7.05 Å². The lowest BCUT2D eigenvalue weighted by atomic mass is 10.1. The average molecular weight is 289 g/mol. The van der Waals surface area contributed by atoms with E-state index < -0.39 is 0 Å². The van der Waals surface area contributed by atoms with E-state index in [1.807, 2.05) is 31.3 Å². The Kier molecular flexibility index (Phi) is 3.06. The Hall–Kier alpha value is -2.14. The minimum absolute atomic E-state index is 0.0175. The molecule has 5 nitrogen and oxygen atoms in total. The predicted molar refractivity (Wildman–Crippen MR) is 76.2 cm³/mol. The van der Waals surface area contributed by atoms with Gasteiger partial charge in [-0.3, -0.25) is 9.48 Å². The molecule has 0 aromatic carbocycles. The van der Waals surface area contributed by atoms with Gasteiger partial charge in [0.15, 0.2) is 5.78 Å². The Morgan fingerprint density at radius 3 is 2.90 bits per heavy atom. The molecule has 6 heteroatoms. The predicted octanol–water partition coefficient (Wildman–Crippen LogP) is 2.46. The average Bonchev–Trinajstić information content (AvgIpc) is 2.96. The summed E-state index contributed by atoms with van der Waals surface area (Å²) in [4.78, 5) is 12.4. The van der Waals surface area contributed by atoms with Gasteiger partial charge in [0.25, 0.3) is 0 Å². The van der Waals surface area contributed by atoms with E-state index in [-0.39, 0.29) is 12.2 Å². The number of carbonyl (C=O) groups is 1. The number of hydrogen-bond acceptors (Lipinski definition) is 3. The number of aromatic nitrogens is 4. The van der Waals surface area contributed by atoms with Crippen LogP contribution >= 0.6 is 11.6 Å². The summed E-state index contributed by atoms with van der Waals surface area (Å²) in [5.74, 6) is -0.0175. The fourth-order valence-electron chi connectivity index (χ4n) is 2.27. The van der Waals surface area contributed by atoms with Crippen LogP contribution in [0.15, 0.2) is 30.6 Å². The second-order valence-corrected chi connectivity index (χ2v) is 5.04. The largest absolute Gasteiger partial charge is 0.294 e. The van der Waals surface area contributed by atoms with Crippen LogP contribution in [0.5, 0.6) is 0 Å². The summed E-state index contributed by atoms with van der Waals surface area (Å²) in [6.45, 7) is 1.83. The number of aryl methyl sites for hydroxylation is 2. The van der Waals surface area contributed by atoms with E-state index in [1.165, 1.54) is 0 Å². The molecule has 0 unspecified atom stereocenters. The normalized spacial score (nSPS) is 11.2. The number of hydrogen-bond donors (Lipinski definition) is 0. The number of carbonyl (C=O) groups excluding carboxylic acids is 1. The number of pyridine rings is 1. The highest BCUT2D eigenvalue weighted by Gasteiger charge is 2.18. The van der Waals surface area contributed by atoms with Crippen molar-refractivity contribution in [3.8, 4) is 0 Å². The Morgan fingerprint density at radius 1 is 1.40 bits per heavy atom. The minimum atomic E-state index is -0.0175. The third kappa shape index (κ3) is 2.00. The fraction of sp³-hybridized carbons (Fsp3) is 0.214. The number of halogens is 1. The monoisotopic (exact) mass is 288 g/mol. The molecule has 0 aliphatic heterocycles. The minimum Gasteiger partial charge on any atom is -0.294 e. The maximum Gasteiger partial charge on any atom is 0.172 e. The maximum absolute atomic E-state index is 12.4. The first kappa shape index (κ1) is 12.9. The summed E-state index contributed by atoms with van der Waals surface area (Å²) < 4.78 is 3.34. The Labute approximate surface area is 120 Å². The lowest BCUT2D eigenvalue weighted by Crippen LogP contribution is -2.08. The van der Waals surface area contributed by atoms with Crippen molar-refractivity contribution in [1.29, 1.82) is 0 Å². The van der Waals surface area contributed by atoms with Crippen molar-refractivity contribution in [2.75, 3.05) is 0 Å². The van der Waals surface area contributed by atoms with E-state index in [0.29, 0.717) is 10.6 Å². The van der Waals surface area contributed by atoms with Gasteiger partial charge in [0.1, 0.15) is 0 Å². The van der Waals surface area contributed by atoms with Gasteiger partial charge in [-0.25, -0.2) is 4.52 Å². The summed E-state index contributed by atoms with van der Waals surface area (Å²) in [6, 6.07) is 5.63. The van der Waals surface area contributed by atoms with Crippen LogP contribution < -0.4 is 0 Å². The van der Waals surface area contributed by atoms with Crippen LogP contribution in [0.25, 0.3) is 5.52 Å². The van der Waals surface area contributed by atoms with Crippen molar-refractivity contribution < 1.29 is 4.79 Å². The summed E-state index contributed by atoms with van der Waals surface area (Å²) in [6.07, 6.45) is 3.62. The molecule has 0 fully saturated rings. The number of nitrogens with zero attached hydrogens (tertiary/aromatic N) is 4. The molecule has 0 amide bonds. The zero-order valence-corrected chi connectivity index (χ0v) is 11.9. The van der Waals surface area contributed by atoms with Gasteiger partial charge in [-0.15, -0.1) is 0 Å². The van der Waals surface area contributed by atoms with Crippen LogP contribution in [-0.4, -0.2) is 25.2 Å². The molecule has 0 aliphatic carbocycles. The highest BCUT2D eigenvalue weighted by Crippen LogP contribution is 2.22. The topological polar surface area (TPSA) is 52.2 Å². The molecular formula is C14H13ClN4O. The van der Waals surface area contributed by atoms with Gasteiger partial charge in [-0.05, 0) is 19.1 Å². The van der Waals surface area contributed by atoms with Crippen LogP contribution in [0.4, 0.5) is 0 Å². The summed E-state index contributed by atoms with van der Waals surface area (Å²) in [5.41, 5.74) is 2.86. The summed E-state index contributed by atoms with van der Waals surface area (Å²) in [5, 5.41) is 8.94. The smallest absolute Gasteiger partial charge is 0.172 e. The van der Waals surface area contributed by atoms with Crippen LogP contribution in [-0.2, 0) is 13.5 Å². The molecule has 20 heavy (non-hydrogen) atoms. The molecule has 0 atom stereocenters. The first-order chi connectivity index (χ1) is 9.58. The molecule has 3 aromatic heterocycles. The highest BCUT2D eigenvalue weighted by molar-refractivity contribution is 6.32. The number of ketones is 1. The van der Waals surface area contributed by atoms with Gasteiger partial charge in [-0.1, -0.05) is 17.7 Å². The SMILES string of the molecule is Cc1nn(C)c(CC(=O)c2cnn3ccccc23)c1Cl. The molecule has 0 aliphatic rings. The van der Waals surface area contributed by atoms with Crippen LogP contribution in [0.3, 0.4) is 0 Å². The lowest BCUT2D eigenvalue weighted by molar-refractivity contribution is 0.0992. The van der Waals surface area contributed by atoms with Crippen LogP contribution in [0.2, 0.25) is 5.02 Å². The quantitative estimate of drug-likeness (QED) is 0.696. The molecular weight excluding hydrogens is 276 g/mol. The molecule has 0 saturated heterocycles. The fourth-order valence-corrected chi connectivity index (χ4v) is 2.50. The second kappa shape index (κ2) is 4.76. The Bertz CT molecular complexity index is 803. The molecule has 3 heterocycles.